The lowest BCUT2D eigenvalue weighted by atomic mass is 9.99. The molecule has 1 unspecified atom stereocenters. The normalized spacial score (nSPS) is 21.0. The highest BCUT2D eigenvalue weighted by Crippen LogP contribution is 2.39. The van der Waals surface area contributed by atoms with E-state index < -0.39 is 30.2 Å². The highest BCUT2D eigenvalue weighted by atomic mass is 16.7. The van der Waals surface area contributed by atoms with E-state index in [9.17, 15) is 19.5 Å². The van der Waals surface area contributed by atoms with Gasteiger partial charge in [-0.15, -0.1) is 0 Å². The largest absolute Gasteiger partial charge is 0.445 e. The van der Waals surface area contributed by atoms with Gasteiger partial charge in [-0.2, -0.15) is 0 Å². The maximum absolute atomic E-state index is 13.4. The minimum atomic E-state index is -1.04. The van der Waals surface area contributed by atoms with E-state index in [-0.39, 0.29) is 31.8 Å². The number of ether oxygens (including phenoxy) is 3. The molecule has 2 aliphatic rings. The summed E-state index contributed by atoms with van der Waals surface area (Å²) >= 11 is 0. The Labute approximate surface area is 279 Å². The Morgan fingerprint density at radius 2 is 1.58 bits per heavy atom. The molecule has 48 heavy (non-hydrogen) atoms. The van der Waals surface area contributed by atoms with E-state index in [1.165, 1.54) is 5.56 Å². The number of hydrogen-bond acceptors (Lipinski definition) is 8. The van der Waals surface area contributed by atoms with Crippen molar-refractivity contribution in [3.63, 3.8) is 0 Å². The van der Waals surface area contributed by atoms with Crippen LogP contribution in [0, 0.1) is 0 Å². The Bertz CT molecular complexity index is 1700. The summed E-state index contributed by atoms with van der Waals surface area (Å²) in [6, 6.07) is 33.1. The Kier molecular flexibility index (Phi) is 10.6. The van der Waals surface area contributed by atoms with Crippen LogP contribution in [0.2, 0.25) is 0 Å². The summed E-state index contributed by atoms with van der Waals surface area (Å²) in [5.74, 6) is -0.972. The average molecular weight is 650 g/mol. The molecular formula is C38H39N3O7. The summed E-state index contributed by atoms with van der Waals surface area (Å²) in [7, 11) is 2.05. The zero-order valence-electron chi connectivity index (χ0n) is 26.7. The van der Waals surface area contributed by atoms with Crippen molar-refractivity contribution >= 4 is 23.6 Å². The van der Waals surface area contributed by atoms with Gasteiger partial charge in [0.05, 0.1) is 30.9 Å². The zero-order chi connectivity index (χ0) is 33.5. The van der Waals surface area contributed by atoms with E-state index in [1.807, 2.05) is 78.9 Å². The zero-order valence-corrected chi connectivity index (χ0v) is 26.7. The van der Waals surface area contributed by atoms with E-state index in [0.717, 1.165) is 28.1 Å². The molecule has 2 saturated heterocycles. The molecule has 3 amide bonds. The fourth-order valence-electron chi connectivity index (χ4n) is 6.07. The van der Waals surface area contributed by atoms with Crippen LogP contribution in [-0.2, 0) is 43.6 Å². The second-order valence-electron chi connectivity index (χ2n) is 12.2. The van der Waals surface area contributed by atoms with Gasteiger partial charge in [0.15, 0.2) is 6.29 Å². The lowest BCUT2D eigenvalue weighted by Crippen LogP contribution is -2.42. The van der Waals surface area contributed by atoms with E-state index >= 15 is 0 Å². The van der Waals surface area contributed by atoms with Gasteiger partial charge in [-0.3, -0.25) is 14.5 Å². The third-order valence-electron chi connectivity index (χ3n) is 8.48. The van der Waals surface area contributed by atoms with Crippen LogP contribution in [0.4, 0.5) is 10.5 Å². The molecule has 0 radical (unpaired) electrons. The van der Waals surface area contributed by atoms with Crippen molar-refractivity contribution in [1.29, 1.82) is 0 Å². The third-order valence-corrected chi connectivity index (χ3v) is 8.48. The average Bonchev–Trinajstić information content (AvgIpc) is 3.39. The van der Waals surface area contributed by atoms with Crippen molar-refractivity contribution in [1.82, 2.24) is 10.2 Å². The Morgan fingerprint density at radius 1 is 0.875 bits per heavy atom. The molecule has 2 aliphatic heterocycles. The first kappa shape index (κ1) is 33.0. The number of amides is 3. The van der Waals surface area contributed by atoms with Crippen LogP contribution in [0.1, 0.15) is 53.1 Å². The van der Waals surface area contributed by atoms with Crippen molar-refractivity contribution in [2.75, 3.05) is 18.5 Å². The number of aliphatic hydroxyl groups is 1. The number of aliphatic hydroxyl groups excluding tert-OH is 1. The number of carbonyl (C=O) groups is 3. The fraction of sp³-hybridized carbons (Fsp3) is 0.289. The molecule has 0 aromatic heterocycles. The molecule has 4 aromatic rings. The van der Waals surface area contributed by atoms with Gasteiger partial charge in [0.1, 0.15) is 12.6 Å². The fourth-order valence-corrected chi connectivity index (χ4v) is 6.07. The Balaban J connectivity index is 1.16. The maximum Gasteiger partial charge on any atom is 0.408 e. The number of carbonyl (C=O) groups excluding carboxylic acids is 3. The summed E-state index contributed by atoms with van der Waals surface area (Å²) in [5, 5.41) is 12.1. The lowest BCUT2D eigenvalue weighted by molar-refractivity contribution is -0.252. The summed E-state index contributed by atoms with van der Waals surface area (Å²) in [6.07, 6.45) is -1.58. The van der Waals surface area contributed by atoms with Crippen LogP contribution in [0.5, 0.6) is 0 Å². The number of rotatable bonds is 11. The number of anilines is 1. The van der Waals surface area contributed by atoms with Crippen LogP contribution < -0.4 is 10.2 Å². The number of hydrogen-bond donors (Lipinski definition) is 2. The molecule has 10 heteroatoms. The van der Waals surface area contributed by atoms with Crippen LogP contribution in [0.25, 0.3) is 0 Å². The van der Waals surface area contributed by atoms with E-state index in [1.54, 1.807) is 18.2 Å². The first-order chi connectivity index (χ1) is 23.4. The van der Waals surface area contributed by atoms with Crippen molar-refractivity contribution in [3.05, 3.63) is 137 Å². The smallest absolute Gasteiger partial charge is 0.408 e. The number of nitrogens with one attached hydrogen (secondary N) is 1. The van der Waals surface area contributed by atoms with Gasteiger partial charge >= 0.3 is 6.09 Å². The number of likely N-dealkylation sites (N-methyl/N-ethyl adjacent to an activating group) is 1. The van der Waals surface area contributed by atoms with Gasteiger partial charge in [-0.1, -0.05) is 97.1 Å². The molecular weight excluding hydrogens is 610 g/mol. The van der Waals surface area contributed by atoms with Gasteiger partial charge < -0.3 is 24.6 Å². The van der Waals surface area contributed by atoms with E-state index in [0.29, 0.717) is 24.2 Å². The van der Waals surface area contributed by atoms with Gasteiger partial charge in [-0.05, 0) is 41.4 Å². The predicted octanol–water partition coefficient (Wildman–Crippen LogP) is 5.41. The second kappa shape index (κ2) is 15.4. The number of alkyl carbamates (subject to hydrolysis) is 1. The van der Waals surface area contributed by atoms with Crippen molar-refractivity contribution in [2.24, 2.45) is 0 Å². The SMILES string of the molecule is CN(Cc1ccccc1)C[C@@H]1C[C@H](c2ccc(CO)cc2)O[C@H](c2cccc(N3C(=O)CC(NC(=O)OCc4ccccc4)C3=O)c2)O1. The molecule has 2 fully saturated rings. The maximum atomic E-state index is 13.4. The van der Waals surface area contributed by atoms with Gasteiger partial charge in [0.25, 0.3) is 5.91 Å². The molecule has 0 bridgehead atoms. The lowest BCUT2D eigenvalue weighted by Gasteiger charge is -2.38. The quantitative estimate of drug-likeness (QED) is 0.207. The first-order valence-corrected chi connectivity index (χ1v) is 16.0. The van der Waals surface area contributed by atoms with Crippen LogP contribution in [-0.4, -0.2) is 53.7 Å². The molecule has 0 aliphatic carbocycles. The summed E-state index contributed by atoms with van der Waals surface area (Å²) in [5.41, 5.74) is 4.80. The molecule has 4 aromatic carbocycles. The number of nitrogens with zero attached hydrogens (tertiary/aromatic N) is 2. The number of imide groups is 1. The molecule has 0 spiro atoms. The van der Waals surface area contributed by atoms with Gasteiger partial charge in [0, 0.05) is 25.1 Å². The molecule has 2 N–H and O–H groups in total. The monoisotopic (exact) mass is 649 g/mol. The van der Waals surface area contributed by atoms with Crippen LogP contribution in [0.3, 0.4) is 0 Å². The van der Waals surface area contributed by atoms with Crippen molar-refractivity contribution in [2.45, 2.75) is 57.1 Å². The Morgan fingerprint density at radius 3 is 2.29 bits per heavy atom. The molecule has 248 valence electrons. The molecule has 2 heterocycles. The summed E-state index contributed by atoms with van der Waals surface area (Å²) in [6.45, 7) is 1.41. The van der Waals surface area contributed by atoms with Crippen LogP contribution >= 0.6 is 0 Å². The van der Waals surface area contributed by atoms with Crippen molar-refractivity contribution < 1.29 is 33.7 Å². The molecule has 0 saturated carbocycles. The van der Waals surface area contributed by atoms with Gasteiger partial charge in [-0.25, -0.2) is 9.69 Å². The highest BCUT2D eigenvalue weighted by molar-refractivity contribution is 6.22. The minimum absolute atomic E-state index is 0.0452. The highest BCUT2D eigenvalue weighted by Gasteiger charge is 2.41. The number of benzene rings is 4. The molecule has 4 atom stereocenters. The van der Waals surface area contributed by atoms with E-state index in [2.05, 4.69) is 29.4 Å². The third kappa shape index (κ3) is 8.15. The summed E-state index contributed by atoms with van der Waals surface area (Å²) in [4.78, 5) is 42.2. The predicted molar refractivity (Wildman–Crippen MR) is 178 cm³/mol. The van der Waals surface area contributed by atoms with E-state index in [4.69, 9.17) is 14.2 Å². The first-order valence-electron chi connectivity index (χ1n) is 16.0. The van der Waals surface area contributed by atoms with Crippen LogP contribution in [0.15, 0.2) is 109 Å². The van der Waals surface area contributed by atoms with Crippen molar-refractivity contribution in [3.8, 4) is 0 Å². The Hall–Kier alpha value is -4.87. The topological polar surface area (TPSA) is 118 Å². The standard InChI is InChI=1S/C38H39N3O7/c1-40(22-26-9-4-2-5-10-26)23-32-20-34(29-17-15-27(24-42)16-18-29)48-37(47-32)30-13-8-14-31(19-30)41-35(43)21-33(36(41)44)39-38(45)46-25-28-11-6-3-7-12-28/h2-19,32-34,37,42H,20-25H2,1H3,(H,39,45)/t32-,33?,34+,37+/m0/s1. The second-order valence-corrected chi connectivity index (χ2v) is 12.2. The molecule has 6 rings (SSSR count). The minimum Gasteiger partial charge on any atom is -0.445 e. The molecule has 10 nitrogen and oxygen atoms in total. The van der Waals surface area contributed by atoms with Gasteiger partial charge in [0.2, 0.25) is 5.91 Å². The summed E-state index contributed by atoms with van der Waals surface area (Å²) < 4.78 is 18.3.